The smallest absolute Gasteiger partial charge is 0.271 e. The summed E-state index contributed by atoms with van der Waals surface area (Å²) in [6, 6.07) is 12.0. The summed E-state index contributed by atoms with van der Waals surface area (Å²) in [6.07, 6.45) is 1.37. The van der Waals surface area contributed by atoms with Crippen LogP contribution in [0, 0.1) is 21.4 Å². The van der Waals surface area contributed by atoms with E-state index < -0.39 is 10.8 Å². The van der Waals surface area contributed by atoms with Gasteiger partial charge in [-0.25, -0.2) is 0 Å². The Bertz CT molecular complexity index is 871. The van der Waals surface area contributed by atoms with Crippen molar-refractivity contribution in [2.45, 2.75) is 0 Å². The van der Waals surface area contributed by atoms with Crippen molar-refractivity contribution < 1.29 is 9.72 Å². The van der Waals surface area contributed by atoms with Crippen molar-refractivity contribution in [1.29, 1.82) is 5.26 Å². The minimum absolute atomic E-state index is 0.0492. The molecule has 0 saturated carbocycles. The highest BCUT2D eigenvalue weighted by Gasteiger charge is 2.15. The van der Waals surface area contributed by atoms with Crippen LogP contribution in [0.5, 0.6) is 0 Å². The molecule has 0 bridgehead atoms. The number of non-ortho nitro benzene ring substituents is 1. The van der Waals surface area contributed by atoms with Crippen LogP contribution in [-0.2, 0) is 4.79 Å². The summed E-state index contributed by atoms with van der Waals surface area (Å²) in [7, 11) is 0. The number of nitro benzene ring substituents is 1. The van der Waals surface area contributed by atoms with Gasteiger partial charge in [-0.15, -0.1) is 0 Å². The molecular weight excluding hydrogens is 353 g/mol. The molecule has 0 aliphatic carbocycles. The number of nitriles is 1. The molecule has 1 N–H and O–H groups in total. The van der Waals surface area contributed by atoms with Crippen molar-refractivity contribution >= 4 is 46.6 Å². The van der Waals surface area contributed by atoms with Crippen molar-refractivity contribution in [3.8, 4) is 6.07 Å². The number of nitro groups is 1. The van der Waals surface area contributed by atoms with E-state index in [1.165, 1.54) is 18.2 Å². The van der Waals surface area contributed by atoms with E-state index in [4.69, 9.17) is 28.5 Å². The maximum absolute atomic E-state index is 12.2. The van der Waals surface area contributed by atoms with Gasteiger partial charge in [0.15, 0.2) is 0 Å². The Morgan fingerprint density at radius 3 is 2.46 bits per heavy atom. The highest BCUT2D eigenvalue weighted by atomic mass is 35.5. The molecule has 8 heteroatoms. The SMILES string of the molecule is N#C/C(=C\c1ccc(Cl)cc1)C(=O)Nc1cc([N+](=O)[O-])ccc1Cl. The van der Waals surface area contributed by atoms with Crippen LogP contribution >= 0.6 is 23.2 Å². The van der Waals surface area contributed by atoms with Crippen LogP contribution in [0.15, 0.2) is 48.0 Å². The number of halogens is 2. The first-order valence-corrected chi connectivity index (χ1v) is 7.29. The number of carbonyl (C=O) groups excluding carboxylic acids is 1. The Balaban J connectivity index is 2.27. The topological polar surface area (TPSA) is 96.0 Å². The molecule has 0 heterocycles. The van der Waals surface area contributed by atoms with E-state index in [2.05, 4.69) is 5.32 Å². The second kappa shape index (κ2) is 7.59. The Hall–Kier alpha value is -2.88. The van der Waals surface area contributed by atoms with Gasteiger partial charge in [-0.3, -0.25) is 14.9 Å². The third-order valence-corrected chi connectivity index (χ3v) is 3.54. The lowest BCUT2D eigenvalue weighted by Crippen LogP contribution is -2.14. The minimum Gasteiger partial charge on any atom is -0.320 e. The molecule has 6 nitrogen and oxygen atoms in total. The maximum atomic E-state index is 12.2. The van der Waals surface area contributed by atoms with Gasteiger partial charge < -0.3 is 5.32 Å². The first kappa shape index (κ1) is 17.5. The van der Waals surface area contributed by atoms with Crippen LogP contribution in [-0.4, -0.2) is 10.8 Å². The first-order chi connectivity index (χ1) is 11.4. The van der Waals surface area contributed by atoms with E-state index in [0.29, 0.717) is 10.6 Å². The second-order valence-corrected chi connectivity index (χ2v) is 5.44. The molecule has 0 aliphatic heterocycles. The zero-order chi connectivity index (χ0) is 17.7. The number of anilines is 1. The van der Waals surface area contributed by atoms with Gasteiger partial charge in [0, 0.05) is 17.2 Å². The molecule has 0 radical (unpaired) electrons. The van der Waals surface area contributed by atoms with Crippen LogP contribution in [0.2, 0.25) is 10.0 Å². The quantitative estimate of drug-likeness (QED) is 0.376. The number of rotatable bonds is 4. The van der Waals surface area contributed by atoms with E-state index >= 15 is 0 Å². The highest BCUT2D eigenvalue weighted by molar-refractivity contribution is 6.34. The summed E-state index contributed by atoms with van der Waals surface area (Å²) in [4.78, 5) is 22.4. The number of hydrogen-bond acceptors (Lipinski definition) is 4. The van der Waals surface area contributed by atoms with Gasteiger partial charge >= 0.3 is 0 Å². The van der Waals surface area contributed by atoms with Crippen molar-refractivity contribution in [3.63, 3.8) is 0 Å². The summed E-state index contributed by atoms with van der Waals surface area (Å²) >= 11 is 11.7. The molecule has 0 atom stereocenters. The predicted octanol–water partition coefficient (Wildman–Crippen LogP) is 4.45. The zero-order valence-electron chi connectivity index (χ0n) is 12.0. The molecule has 120 valence electrons. The fourth-order valence-corrected chi connectivity index (χ4v) is 2.08. The monoisotopic (exact) mass is 361 g/mol. The fraction of sp³-hybridized carbons (Fsp3) is 0. The lowest BCUT2D eigenvalue weighted by atomic mass is 10.1. The number of nitrogens with zero attached hydrogens (tertiary/aromatic N) is 2. The van der Waals surface area contributed by atoms with E-state index in [9.17, 15) is 14.9 Å². The summed E-state index contributed by atoms with van der Waals surface area (Å²) in [5, 5.41) is 23.0. The van der Waals surface area contributed by atoms with Gasteiger partial charge in [0.1, 0.15) is 11.6 Å². The molecule has 0 fully saturated rings. The Labute approximate surface area is 147 Å². The molecule has 0 unspecified atom stereocenters. The average molecular weight is 362 g/mol. The number of hydrogen-bond donors (Lipinski definition) is 1. The van der Waals surface area contributed by atoms with Crippen molar-refractivity contribution in [2.24, 2.45) is 0 Å². The molecule has 1 amide bonds. The molecule has 0 aromatic heterocycles. The Morgan fingerprint density at radius 2 is 1.88 bits per heavy atom. The van der Waals surface area contributed by atoms with E-state index in [0.717, 1.165) is 6.07 Å². The second-order valence-electron chi connectivity index (χ2n) is 4.60. The van der Waals surface area contributed by atoms with Crippen molar-refractivity contribution in [2.75, 3.05) is 5.32 Å². The van der Waals surface area contributed by atoms with Gasteiger partial charge in [-0.2, -0.15) is 5.26 Å². The summed E-state index contributed by atoms with van der Waals surface area (Å²) in [5.41, 5.74) is 0.249. The first-order valence-electron chi connectivity index (χ1n) is 6.53. The average Bonchev–Trinajstić information content (AvgIpc) is 2.56. The molecular formula is C16H9Cl2N3O3. The molecule has 0 spiro atoms. The largest absolute Gasteiger partial charge is 0.320 e. The van der Waals surface area contributed by atoms with Crippen molar-refractivity contribution in [3.05, 3.63) is 73.8 Å². The lowest BCUT2D eigenvalue weighted by molar-refractivity contribution is -0.384. The number of amides is 1. The van der Waals surface area contributed by atoms with Crippen LogP contribution < -0.4 is 5.32 Å². The van der Waals surface area contributed by atoms with Gasteiger partial charge in [0.2, 0.25) is 0 Å². The van der Waals surface area contributed by atoms with Gasteiger partial charge in [-0.1, -0.05) is 35.3 Å². The standard InChI is InChI=1S/C16H9Cl2N3O3/c17-12-3-1-10(2-4-12)7-11(9-19)16(22)20-15-8-13(21(23)24)5-6-14(15)18/h1-8H,(H,20,22)/b11-7+. The maximum Gasteiger partial charge on any atom is 0.271 e. The molecule has 2 aromatic carbocycles. The van der Waals surface area contributed by atoms with E-state index in [1.54, 1.807) is 30.3 Å². The molecule has 0 aliphatic rings. The summed E-state index contributed by atoms with van der Waals surface area (Å²) in [6.45, 7) is 0. The van der Waals surface area contributed by atoms with Gasteiger partial charge in [0.25, 0.3) is 11.6 Å². The van der Waals surface area contributed by atoms with Crippen LogP contribution in [0.3, 0.4) is 0 Å². The fourth-order valence-electron chi connectivity index (χ4n) is 1.79. The van der Waals surface area contributed by atoms with E-state index in [1.807, 2.05) is 0 Å². The zero-order valence-corrected chi connectivity index (χ0v) is 13.5. The molecule has 2 rings (SSSR count). The third-order valence-electron chi connectivity index (χ3n) is 2.96. The number of nitrogens with one attached hydrogen (secondary N) is 1. The minimum atomic E-state index is -0.727. The lowest BCUT2D eigenvalue weighted by Gasteiger charge is -2.06. The Morgan fingerprint density at radius 1 is 1.21 bits per heavy atom. The van der Waals surface area contributed by atoms with Gasteiger partial charge in [-0.05, 0) is 29.8 Å². The normalized spacial score (nSPS) is 10.8. The molecule has 2 aromatic rings. The molecule has 0 saturated heterocycles. The predicted molar refractivity (Wildman–Crippen MR) is 91.8 cm³/mol. The van der Waals surface area contributed by atoms with Crippen LogP contribution in [0.1, 0.15) is 5.56 Å². The van der Waals surface area contributed by atoms with Crippen molar-refractivity contribution in [1.82, 2.24) is 0 Å². The van der Waals surface area contributed by atoms with Crippen LogP contribution in [0.4, 0.5) is 11.4 Å². The molecule has 24 heavy (non-hydrogen) atoms. The number of carbonyl (C=O) groups is 1. The Kier molecular flexibility index (Phi) is 5.53. The number of benzene rings is 2. The van der Waals surface area contributed by atoms with Gasteiger partial charge in [0.05, 0.1) is 15.6 Å². The third kappa shape index (κ3) is 4.32. The summed E-state index contributed by atoms with van der Waals surface area (Å²) < 4.78 is 0. The highest BCUT2D eigenvalue weighted by Crippen LogP contribution is 2.27. The van der Waals surface area contributed by atoms with Crippen LogP contribution in [0.25, 0.3) is 6.08 Å². The van der Waals surface area contributed by atoms with E-state index in [-0.39, 0.29) is 22.0 Å². The summed E-state index contributed by atoms with van der Waals surface area (Å²) in [5.74, 6) is -0.727.